The van der Waals surface area contributed by atoms with Gasteiger partial charge in [0.2, 0.25) is 0 Å². The van der Waals surface area contributed by atoms with Crippen LogP contribution in [-0.2, 0) is 9.53 Å². The number of morpholine rings is 1. The van der Waals surface area contributed by atoms with Crippen molar-refractivity contribution in [2.24, 2.45) is 5.92 Å². The molecule has 2 unspecified atom stereocenters. The Morgan fingerprint density at radius 1 is 1.42 bits per heavy atom. The monoisotopic (exact) mass is 268 g/mol. The average molecular weight is 268 g/mol. The molecule has 2 aliphatic rings. The van der Waals surface area contributed by atoms with Crippen molar-refractivity contribution < 1.29 is 9.53 Å². The van der Waals surface area contributed by atoms with Crippen LogP contribution in [0.3, 0.4) is 0 Å². The third-order valence-corrected chi connectivity index (χ3v) is 4.19. The van der Waals surface area contributed by atoms with E-state index in [9.17, 15) is 4.79 Å². The Labute approximate surface area is 116 Å². The molecule has 4 heteroatoms. The third kappa shape index (κ3) is 4.18. The summed E-state index contributed by atoms with van der Waals surface area (Å²) in [6, 6.07) is 0.439. The van der Waals surface area contributed by atoms with Gasteiger partial charge in [0.15, 0.2) is 0 Å². The van der Waals surface area contributed by atoms with Gasteiger partial charge in [0.25, 0.3) is 5.91 Å². The number of carbonyl (C=O) groups is 1. The molecule has 2 fully saturated rings. The fraction of sp³-hybridized carbons (Fsp3) is 0.933. The summed E-state index contributed by atoms with van der Waals surface area (Å²) in [5.41, 5.74) is 0. The first-order valence-electron chi connectivity index (χ1n) is 7.81. The molecule has 19 heavy (non-hydrogen) atoms. The smallest absolute Gasteiger partial charge is 0.253 e. The molecule has 0 bridgehead atoms. The van der Waals surface area contributed by atoms with Crippen LogP contribution in [-0.4, -0.2) is 49.2 Å². The minimum Gasteiger partial charge on any atom is -0.366 e. The number of piperidine rings is 1. The lowest BCUT2D eigenvalue weighted by atomic mass is 9.94. The van der Waals surface area contributed by atoms with Crippen molar-refractivity contribution in [3.8, 4) is 0 Å². The molecule has 2 atom stereocenters. The van der Waals surface area contributed by atoms with E-state index < -0.39 is 0 Å². The summed E-state index contributed by atoms with van der Waals surface area (Å²) in [5, 5.41) is 3.25. The fourth-order valence-corrected chi connectivity index (χ4v) is 3.03. The van der Waals surface area contributed by atoms with E-state index in [0.29, 0.717) is 25.1 Å². The highest BCUT2D eigenvalue weighted by atomic mass is 16.5. The summed E-state index contributed by atoms with van der Waals surface area (Å²) in [4.78, 5) is 14.7. The van der Waals surface area contributed by atoms with Crippen molar-refractivity contribution in [1.29, 1.82) is 0 Å². The molecule has 4 nitrogen and oxygen atoms in total. The van der Waals surface area contributed by atoms with Crippen molar-refractivity contribution in [2.75, 3.05) is 26.2 Å². The number of nitrogens with one attached hydrogen (secondary N) is 1. The van der Waals surface area contributed by atoms with E-state index in [0.717, 1.165) is 25.9 Å². The Balaban J connectivity index is 1.91. The second-order valence-corrected chi connectivity index (χ2v) is 6.22. The fourth-order valence-electron chi connectivity index (χ4n) is 3.03. The van der Waals surface area contributed by atoms with Gasteiger partial charge in [-0.25, -0.2) is 0 Å². The van der Waals surface area contributed by atoms with Gasteiger partial charge in [0.1, 0.15) is 6.10 Å². The Morgan fingerprint density at radius 2 is 2.26 bits per heavy atom. The second kappa shape index (κ2) is 7.25. The van der Waals surface area contributed by atoms with Gasteiger partial charge < -0.3 is 15.0 Å². The van der Waals surface area contributed by atoms with E-state index in [-0.39, 0.29) is 12.0 Å². The molecule has 0 aromatic rings. The minimum atomic E-state index is -0.256. The van der Waals surface area contributed by atoms with Gasteiger partial charge in [0, 0.05) is 25.7 Å². The molecular formula is C15H28N2O2. The highest BCUT2D eigenvalue weighted by Gasteiger charge is 2.32. The zero-order valence-corrected chi connectivity index (χ0v) is 12.4. The number of likely N-dealkylation sites (tertiary alicyclic amines) is 1. The molecular weight excluding hydrogens is 240 g/mol. The van der Waals surface area contributed by atoms with Gasteiger partial charge in [-0.05, 0) is 38.0 Å². The highest BCUT2D eigenvalue weighted by molar-refractivity contribution is 5.81. The SMILES string of the molecule is CC(C)CCC1CCCCN1C(=O)C1CNCCO1. The molecule has 2 rings (SSSR count). The molecule has 110 valence electrons. The maximum Gasteiger partial charge on any atom is 0.253 e. The molecule has 2 heterocycles. The summed E-state index contributed by atoms with van der Waals surface area (Å²) in [5.74, 6) is 0.923. The molecule has 1 amide bonds. The van der Waals surface area contributed by atoms with Crippen molar-refractivity contribution in [2.45, 2.75) is 58.1 Å². The van der Waals surface area contributed by atoms with Crippen LogP contribution in [0.1, 0.15) is 46.0 Å². The Hall–Kier alpha value is -0.610. The maximum absolute atomic E-state index is 12.6. The van der Waals surface area contributed by atoms with Crippen LogP contribution >= 0.6 is 0 Å². The van der Waals surface area contributed by atoms with Crippen LogP contribution in [0.25, 0.3) is 0 Å². The number of carbonyl (C=O) groups excluding carboxylic acids is 1. The van der Waals surface area contributed by atoms with Crippen molar-refractivity contribution in [3.63, 3.8) is 0 Å². The summed E-state index contributed by atoms with van der Waals surface area (Å²) in [7, 11) is 0. The topological polar surface area (TPSA) is 41.6 Å². The number of nitrogens with zero attached hydrogens (tertiary/aromatic N) is 1. The number of rotatable bonds is 4. The molecule has 0 radical (unpaired) electrons. The lowest BCUT2D eigenvalue weighted by molar-refractivity contribution is -0.149. The van der Waals surface area contributed by atoms with E-state index >= 15 is 0 Å². The first kappa shape index (κ1) is 14.8. The van der Waals surface area contributed by atoms with E-state index in [1.165, 1.54) is 19.3 Å². The lowest BCUT2D eigenvalue weighted by Crippen LogP contribution is -2.53. The molecule has 1 N–H and O–H groups in total. The minimum absolute atomic E-state index is 0.209. The van der Waals surface area contributed by atoms with Crippen molar-refractivity contribution in [3.05, 3.63) is 0 Å². The number of amides is 1. The number of ether oxygens (including phenoxy) is 1. The summed E-state index contributed by atoms with van der Waals surface area (Å²) in [6.07, 6.45) is 5.66. The Morgan fingerprint density at radius 3 is 2.95 bits per heavy atom. The van der Waals surface area contributed by atoms with Gasteiger partial charge in [-0.2, -0.15) is 0 Å². The standard InChI is InChI=1S/C15H28N2O2/c1-12(2)6-7-13-5-3-4-9-17(13)15(18)14-11-16-8-10-19-14/h12-14,16H,3-11H2,1-2H3. The quantitative estimate of drug-likeness (QED) is 0.845. The van der Waals surface area contributed by atoms with Gasteiger partial charge in [-0.3, -0.25) is 4.79 Å². The first-order valence-corrected chi connectivity index (χ1v) is 7.81. The molecule has 0 aromatic heterocycles. The van der Waals surface area contributed by atoms with Crippen LogP contribution in [0.15, 0.2) is 0 Å². The molecule has 0 aliphatic carbocycles. The van der Waals surface area contributed by atoms with Crippen LogP contribution in [0.2, 0.25) is 0 Å². The van der Waals surface area contributed by atoms with E-state index in [2.05, 4.69) is 24.1 Å². The van der Waals surface area contributed by atoms with E-state index in [4.69, 9.17) is 4.74 Å². The third-order valence-electron chi connectivity index (χ3n) is 4.19. The summed E-state index contributed by atoms with van der Waals surface area (Å²) < 4.78 is 5.61. The Bertz CT molecular complexity index is 288. The average Bonchev–Trinajstić information content (AvgIpc) is 2.45. The largest absolute Gasteiger partial charge is 0.366 e. The van der Waals surface area contributed by atoms with Crippen LogP contribution < -0.4 is 5.32 Å². The van der Waals surface area contributed by atoms with Crippen LogP contribution in [0.4, 0.5) is 0 Å². The first-order chi connectivity index (χ1) is 9.18. The maximum atomic E-state index is 12.6. The Kier molecular flexibility index (Phi) is 5.64. The van der Waals surface area contributed by atoms with Crippen molar-refractivity contribution >= 4 is 5.91 Å². The molecule has 2 saturated heterocycles. The predicted octanol–water partition coefficient (Wildman–Crippen LogP) is 1.79. The van der Waals surface area contributed by atoms with Crippen molar-refractivity contribution in [1.82, 2.24) is 10.2 Å². The van der Waals surface area contributed by atoms with Gasteiger partial charge in [-0.1, -0.05) is 13.8 Å². The highest BCUT2D eigenvalue weighted by Crippen LogP contribution is 2.24. The lowest BCUT2D eigenvalue weighted by Gasteiger charge is -2.39. The zero-order chi connectivity index (χ0) is 13.7. The molecule has 0 aromatic carbocycles. The molecule has 0 spiro atoms. The van der Waals surface area contributed by atoms with E-state index in [1.807, 2.05) is 0 Å². The predicted molar refractivity (Wildman–Crippen MR) is 76.0 cm³/mol. The van der Waals surface area contributed by atoms with Crippen LogP contribution in [0, 0.1) is 5.92 Å². The van der Waals surface area contributed by atoms with Crippen LogP contribution in [0.5, 0.6) is 0 Å². The zero-order valence-electron chi connectivity index (χ0n) is 12.4. The van der Waals surface area contributed by atoms with Gasteiger partial charge in [-0.15, -0.1) is 0 Å². The number of hydrogen-bond acceptors (Lipinski definition) is 3. The van der Waals surface area contributed by atoms with Gasteiger partial charge >= 0.3 is 0 Å². The molecule has 2 aliphatic heterocycles. The second-order valence-electron chi connectivity index (χ2n) is 6.22. The number of hydrogen-bond donors (Lipinski definition) is 1. The summed E-state index contributed by atoms with van der Waals surface area (Å²) in [6.45, 7) is 7.61. The molecule has 0 saturated carbocycles. The summed E-state index contributed by atoms with van der Waals surface area (Å²) >= 11 is 0. The normalized spacial score (nSPS) is 28.7. The van der Waals surface area contributed by atoms with E-state index in [1.54, 1.807) is 0 Å². The van der Waals surface area contributed by atoms with Gasteiger partial charge in [0.05, 0.1) is 6.61 Å².